The second kappa shape index (κ2) is 7.86. The van der Waals surface area contributed by atoms with E-state index >= 15 is 0 Å². The summed E-state index contributed by atoms with van der Waals surface area (Å²) in [7, 11) is 0. The Labute approximate surface area is 165 Å². The lowest BCUT2D eigenvalue weighted by Crippen LogP contribution is -2.02. The van der Waals surface area contributed by atoms with Gasteiger partial charge in [-0.3, -0.25) is 9.89 Å². The molecule has 1 aromatic heterocycles. The van der Waals surface area contributed by atoms with E-state index in [1.807, 2.05) is 0 Å². The molecule has 0 fully saturated rings. The molecule has 0 bridgehead atoms. The zero-order valence-electron chi connectivity index (χ0n) is 12.4. The van der Waals surface area contributed by atoms with Crippen LogP contribution in [0.4, 0.5) is 4.39 Å². The minimum absolute atomic E-state index is 0.0422. The van der Waals surface area contributed by atoms with Gasteiger partial charge in [0.05, 0.1) is 15.8 Å². The first-order chi connectivity index (χ1) is 11.9. The van der Waals surface area contributed by atoms with E-state index in [0.29, 0.717) is 22.1 Å². The van der Waals surface area contributed by atoms with Gasteiger partial charge in [0.25, 0.3) is 0 Å². The van der Waals surface area contributed by atoms with E-state index in [9.17, 15) is 9.18 Å². The molecule has 9 heteroatoms. The van der Waals surface area contributed by atoms with Crippen molar-refractivity contribution in [3.05, 3.63) is 62.3 Å². The van der Waals surface area contributed by atoms with Crippen LogP contribution in [0.3, 0.4) is 0 Å². The summed E-state index contributed by atoms with van der Waals surface area (Å²) in [4.78, 5) is 16.4. The highest BCUT2D eigenvalue weighted by molar-refractivity contribution is 9.10. The molecule has 3 aromatic rings. The van der Waals surface area contributed by atoms with Crippen molar-refractivity contribution < 1.29 is 9.18 Å². The van der Waals surface area contributed by atoms with Crippen LogP contribution in [-0.4, -0.2) is 26.7 Å². The van der Waals surface area contributed by atoms with E-state index in [0.717, 1.165) is 4.47 Å². The van der Waals surface area contributed by atoms with Gasteiger partial charge < -0.3 is 0 Å². The fraction of sp³-hybridized carbons (Fsp3) is 0.0625. The molecule has 1 heterocycles. The third kappa shape index (κ3) is 4.41. The number of hydrogen-bond donors (Lipinski definition) is 1. The maximum atomic E-state index is 13.6. The molecule has 2 aromatic carbocycles. The molecule has 3 rings (SSSR count). The molecule has 0 spiro atoms. The standard InChI is InChI=1S/C16H9BrCl2FN3OS/c17-9-3-1-8(2-4-9)14(24)7-25-16-21-15(22-23-16)10-5-13(20)12(19)6-11(10)18/h1-6H,7H2,(H,21,22,23). The Hall–Kier alpha value is -1.41. The van der Waals surface area contributed by atoms with Gasteiger partial charge in [-0.15, -0.1) is 5.10 Å². The van der Waals surface area contributed by atoms with Crippen LogP contribution in [0.15, 0.2) is 46.0 Å². The summed E-state index contributed by atoms with van der Waals surface area (Å²) < 4.78 is 14.5. The lowest BCUT2D eigenvalue weighted by atomic mass is 10.2. The second-order valence-corrected chi connectivity index (χ2v) is 7.60. The molecule has 128 valence electrons. The average Bonchev–Trinajstić information content (AvgIpc) is 3.05. The Morgan fingerprint density at radius 2 is 1.92 bits per heavy atom. The van der Waals surface area contributed by atoms with Crippen LogP contribution in [0, 0.1) is 5.82 Å². The van der Waals surface area contributed by atoms with Gasteiger partial charge in [-0.25, -0.2) is 9.37 Å². The maximum absolute atomic E-state index is 13.6. The number of aromatic amines is 1. The number of hydrogen-bond acceptors (Lipinski definition) is 4. The van der Waals surface area contributed by atoms with E-state index in [4.69, 9.17) is 23.2 Å². The number of Topliss-reactive ketones (excluding diaryl/α,β-unsaturated/α-hetero) is 1. The van der Waals surface area contributed by atoms with Crippen LogP contribution < -0.4 is 0 Å². The zero-order chi connectivity index (χ0) is 18.0. The Morgan fingerprint density at radius 3 is 2.64 bits per heavy atom. The average molecular weight is 461 g/mol. The molecule has 0 aliphatic heterocycles. The summed E-state index contributed by atoms with van der Waals surface area (Å²) in [5.74, 6) is -0.155. The lowest BCUT2D eigenvalue weighted by Gasteiger charge is -2.02. The number of halogens is 4. The first-order valence-corrected chi connectivity index (χ1v) is 9.46. The van der Waals surface area contributed by atoms with Crippen LogP contribution in [-0.2, 0) is 0 Å². The van der Waals surface area contributed by atoms with E-state index in [2.05, 4.69) is 31.1 Å². The number of aromatic nitrogens is 3. The number of nitrogens with one attached hydrogen (secondary N) is 1. The van der Waals surface area contributed by atoms with Gasteiger partial charge in [0.1, 0.15) is 5.82 Å². The molecule has 25 heavy (non-hydrogen) atoms. The normalized spacial score (nSPS) is 10.9. The molecule has 0 amide bonds. The summed E-state index contributed by atoms with van der Waals surface area (Å²) in [6, 6.07) is 9.59. The molecule has 0 aliphatic rings. The van der Waals surface area contributed by atoms with Crippen molar-refractivity contribution in [3.63, 3.8) is 0 Å². The lowest BCUT2D eigenvalue weighted by molar-refractivity contribution is 0.102. The monoisotopic (exact) mass is 459 g/mol. The van der Waals surface area contributed by atoms with Crippen LogP contribution in [0.2, 0.25) is 10.0 Å². The number of benzene rings is 2. The van der Waals surface area contributed by atoms with E-state index in [1.165, 1.54) is 23.9 Å². The molecule has 0 saturated heterocycles. The highest BCUT2D eigenvalue weighted by Gasteiger charge is 2.14. The predicted octanol–water partition coefficient (Wildman–Crippen LogP) is 5.66. The van der Waals surface area contributed by atoms with Gasteiger partial charge in [0.15, 0.2) is 11.6 Å². The Kier molecular flexibility index (Phi) is 5.78. The van der Waals surface area contributed by atoms with Crippen molar-refractivity contribution >= 4 is 56.7 Å². The van der Waals surface area contributed by atoms with Crippen LogP contribution >= 0.6 is 50.9 Å². The van der Waals surface area contributed by atoms with Crippen molar-refractivity contribution in [2.45, 2.75) is 5.16 Å². The SMILES string of the molecule is O=C(CSc1n[nH]c(-c2cc(F)c(Cl)cc2Cl)n1)c1ccc(Br)cc1. The smallest absolute Gasteiger partial charge is 0.209 e. The molecule has 0 atom stereocenters. The van der Waals surface area contributed by atoms with Crippen molar-refractivity contribution in [2.75, 3.05) is 5.75 Å². The summed E-state index contributed by atoms with van der Waals surface area (Å²) in [6.45, 7) is 0. The summed E-state index contributed by atoms with van der Waals surface area (Å²) in [5, 5.41) is 7.26. The fourth-order valence-electron chi connectivity index (χ4n) is 1.98. The quantitative estimate of drug-likeness (QED) is 0.303. The number of rotatable bonds is 5. The Balaban J connectivity index is 1.71. The number of carbonyl (C=O) groups excluding carboxylic acids is 1. The zero-order valence-corrected chi connectivity index (χ0v) is 16.3. The van der Waals surface area contributed by atoms with Crippen molar-refractivity contribution in [3.8, 4) is 11.4 Å². The molecular formula is C16H9BrCl2FN3OS. The Bertz CT molecular complexity index is 934. The summed E-state index contributed by atoms with van der Waals surface area (Å²) >= 11 is 16.2. The fourth-order valence-corrected chi connectivity index (χ4v) is 3.41. The van der Waals surface area contributed by atoms with Crippen LogP contribution in [0.1, 0.15) is 10.4 Å². The molecule has 0 unspecified atom stereocenters. The van der Waals surface area contributed by atoms with E-state index in [1.54, 1.807) is 24.3 Å². The van der Waals surface area contributed by atoms with Crippen LogP contribution in [0.5, 0.6) is 0 Å². The van der Waals surface area contributed by atoms with Gasteiger partial charge in [0.2, 0.25) is 5.16 Å². The molecule has 0 aliphatic carbocycles. The largest absolute Gasteiger partial charge is 0.293 e. The first kappa shape index (κ1) is 18.4. The van der Waals surface area contributed by atoms with Crippen molar-refractivity contribution in [1.82, 2.24) is 15.2 Å². The van der Waals surface area contributed by atoms with Gasteiger partial charge in [0, 0.05) is 15.6 Å². The molecule has 1 N–H and O–H groups in total. The van der Waals surface area contributed by atoms with Gasteiger partial charge in [-0.2, -0.15) is 0 Å². The van der Waals surface area contributed by atoms with Gasteiger partial charge in [-0.1, -0.05) is 63.0 Å². The van der Waals surface area contributed by atoms with Crippen molar-refractivity contribution in [1.29, 1.82) is 0 Å². The highest BCUT2D eigenvalue weighted by Crippen LogP contribution is 2.31. The van der Waals surface area contributed by atoms with Gasteiger partial charge >= 0.3 is 0 Å². The second-order valence-electron chi connectivity index (χ2n) is 4.93. The van der Waals surface area contributed by atoms with Crippen LogP contribution in [0.25, 0.3) is 11.4 Å². The number of H-pyrrole nitrogens is 1. The number of carbonyl (C=O) groups is 1. The summed E-state index contributed by atoms with van der Waals surface area (Å²) in [5.41, 5.74) is 0.955. The maximum Gasteiger partial charge on any atom is 0.209 e. The minimum Gasteiger partial charge on any atom is -0.293 e. The highest BCUT2D eigenvalue weighted by atomic mass is 79.9. The van der Waals surface area contributed by atoms with Gasteiger partial charge in [-0.05, 0) is 24.3 Å². The number of ketones is 1. The summed E-state index contributed by atoms with van der Waals surface area (Å²) in [6.07, 6.45) is 0. The molecule has 0 radical (unpaired) electrons. The molecular weight excluding hydrogens is 452 g/mol. The topological polar surface area (TPSA) is 58.6 Å². The van der Waals surface area contributed by atoms with E-state index in [-0.39, 0.29) is 21.6 Å². The number of nitrogens with zero attached hydrogens (tertiary/aromatic N) is 2. The molecule has 0 saturated carbocycles. The third-order valence-corrected chi connectivity index (χ3v) is 5.21. The van der Waals surface area contributed by atoms with E-state index < -0.39 is 5.82 Å². The minimum atomic E-state index is -0.600. The Morgan fingerprint density at radius 1 is 1.20 bits per heavy atom. The van der Waals surface area contributed by atoms with Crippen molar-refractivity contribution in [2.24, 2.45) is 0 Å². The number of thioether (sulfide) groups is 1. The third-order valence-electron chi connectivity index (χ3n) is 3.23. The predicted molar refractivity (Wildman–Crippen MR) is 101 cm³/mol. The first-order valence-electron chi connectivity index (χ1n) is 6.93. The molecule has 4 nitrogen and oxygen atoms in total.